The van der Waals surface area contributed by atoms with Gasteiger partial charge in [0, 0.05) is 5.69 Å². The van der Waals surface area contributed by atoms with Crippen LogP contribution in [-0.2, 0) is 0 Å². The molecule has 56 valence electrons. The van der Waals surface area contributed by atoms with E-state index in [1.54, 1.807) is 6.92 Å². The molecule has 0 amide bonds. The monoisotopic (exact) mass is 166 g/mol. The summed E-state index contributed by atoms with van der Waals surface area (Å²) in [5.41, 5.74) is 6.38. The molecule has 0 saturated carbocycles. The van der Waals surface area contributed by atoms with E-state index >= 15 is 0 Å². The Balaban J connectivity index is 3.53. The molecule has 1 heterocycles. The molecule has 0 aromatic carbocycles. The average Bonchev–Trinajstić information content (AvgIpc) is 1.85. The molecule has 1 rings (SSSR count). The fourth-order valence-electron chi connectivity index (χ4n) is 0.740. The molecule has 0 radical (unpaired) electrons. The number of nitrogens with zero attached hydrogens (tertiary/aromatic N) is 2. The van der Waals surface area contributed by atoms with E-state index in [1.807, 2.05) is 6.07 Å². The van der Waals surface area contributed by atoms with Crippen molar-refractivity contribution in [2.75, 3.05) is 5.73 Å². The number of hydrogen-bond donors (Lipinski definition) is 2. The molecule has 4 nitrogen and oxygen atoms in total. The van der Waals surface area contributed by atoms with Crippen LogP contribution in [0.4, 0.5) is 5.95 Å². The maximum absolute atomic E-state index is 8.57. The Morgan fingerprint density at radius 1 is 1.73 bits per heavy atom. The number of hydrogen-bond acceptors (Lipinski definition) is 4. The summed E-state index contributed by atoms with van der Waals surface area (Å²) in [6.07, 6.45) is 0. The zero-order valence-electron chi connectivity index (χ0n) is 5.88. The lowest BCUT2D eigenvalue weighted by Gasteiger charge is -1.97. The van der Waals surface area contributed by atoms with Gasteiger partial charge >= 0.3 is 0 Å². The highest BCUT2D eigenvalue weighted by Crippen LogP contribution is 2.05. The second-order valence-electron chi connectivity index (χ2n) is 2.04. The fourth-order valence-corrected chi connectivity index (χ4v) is 1.04. The molecule has 0 aliphatic heterocycles. The van der Waals surface area contributed by atoms with Gasteiger partial charge in [-0.3, -0.25) is 0 Å². The number of aromatic nitrogens is 2. The molecule has 0 unspecified atom stereocenters. The predicted molar refractivity (Wildman–Crippen MR) is 43.3 cm³/mol. The van der Waals surface area contributed by atoms with Crippen molar-refractivity contribution in [2.24, 2.45) is 0 Å². The Morgan fingerprint density at radius 2 is 2.36 bits per heavy atom. The van der Waals surface area contributed by atoms with Gasteiger partial charge in [-0.25, -0.2) is 4.98 Å². The second kappa shape index (κ2) is 2.68. The molecular formula is C6H6N4S. The van der Waals surface area contributed by atoms with Crippen LogP contribution in [-0.4, -0.2) is 9.97 Å². The van der Waals surface area contributed by atoms with Crippen LogP contribution in [0.1, 0.15) is 11.3 Å². The minimum atomic E-state index is 0.242. The van der Waals surface area contributed by atoms with Crippen LogP contribution in [0.5, 0.6) is 0 Å². The lowest BCUT2D eigenvalue weighted by molar-refractivity contribution is 1.09. The van der Waals surface area contributed by atoms with E-state index in [1.165, 1.54) is 0 Å². The Morgan fingerprint density at radius 3 is 2.82 bits per heavy atom. The third-order valence-electron chi connectivity index (χ3n) is 1.24. The van der Waals surface area contributed by atoms with Gasteiger partial charge in [0.15, 0.2) is 5.95 Å². The summed E-state index contributed by atoms with van der Waals surface area (Å²) in [4.78, 5) is 6.43. The fraction of sp³-hybridized carbons (Fsp3) is 0.167. The molecule has 0 aliphatic carbocycles. The third-order valence-corrected chi connectivity index (χ3v) is 1.53. The minimum absolute atomic E-state index is 0.242. The zero-order valence-corrected chi connectivity index (χ0v) is 6.70. The number of nitrogens with one attached hydrogen (secondary N) is 1. The molecule has 0 saturated heterocycles. The second-order valence-corrected chi connectivity index (χ2v) is 2.43. The number of H-pyrrole nitrogens is 1. The van der Waals surface area contributed by atoms with Crippen LogP contribution >= 0.6 is 12.2 Å². The van der Waals surface area contributed by atoms with Gasteiger partial charge in [0.05, 0.1) is 0 Å². The number of anilines is 1. The standard InChI is InChI=1S/C6H6N4S/c1-3-4(2-7)5(11)10-6(8)9-3/h1H3,(H3,8,9,10,11). The molecule has 0 aliphatic rings. The maximum atomic E-state index is 8.57. The first-order valence-electron chi connectivity index (χ1n) is 2.91. The lowest BCUT2D eigenvalue weighted by Crippen LogP contribution is -1.99. The highest BCUT2D eigenvalue weighted by atomic mass is 32.1. The summed E-state index contributed by atoms with van der Waals surface area (Å²) in [6.45, 7) is 1.73. The van der Waals surface area contributed by atoms with Gasteiger partial charge < -0.3 is 10.7 Å². The van der Waals surface area contributed by atoms with Crippen LogP contribution < -0.4 is 5.73 Å². The Labute approximate surface area is 68.7 Å². The van der Waals surface area contributed by atoms with Gasteiger partial charge in [0.25, 0.3) is 0 Å². The first-order chi connectivity index (χ1) is 5.15. The summed E-state index contributed by atoms with van der Waals surface area (Å²) in [6, 6.07) is 1.94. The van der Waals surface area contributed by atoms with Gasteiger partial charge in [-0.1, -0.05) is 12.2 Å². The van der Waals surface area contributed by atoms with Crippen LogP contribution in [0, 0.1) is 22.9 Å². The number of nitrogen functional groups attached to an aromatic ring is 1. The van der Waals surface area contributed by atoms with Crippen molar-refractivity contribution in [2.45, 2.75) is 6.92 Å². The molecular weight excluding hydrogens is 160 g/mol. The quantitative estimate of drug-likeness (QED) is 0.561. The van der Waals surface area contributed by atoms with Crippen molar-refractivity contribution >= 4 is 18.2 Å². The number of nitriles is 1. The highest BCUT2D eigenvalue weighted by Gasteiger charge is 2.00. The first kappa shape index (κ1) is 7.69. The van der Waals surface area contributed by atoms with Crippen LogP contribution in [0.25, 0.3) is 0 Å². The molecule has 5 heteroatoms. The van der Waals surface area contributed by atoms with Crippen molar-refractivity contribution in [3.8, 4) is 6.07 Å². The molecule has 3 N–H and O–H groups in total. The average molecular weight is 166 g/mol. The molecule has 1 aromatic heterocycles. The van der Waals surface area contributed by atoms with E-state index in [0.29, 0.717) is 11.3 Å². The molecule has 0 atom stereocenters. The lowest BCUT2D eigenvalue weighted by atomic mass is 10.3. The number of aryl methyl sites for hydroxylation is 1. The third kappa shape index (κ3) is 1.36. The van der Waals surface area contributed by atoms with Crippen molar-refractivity contribution in [1.29, 1.82) is 5.26 Å². The normalized spacial score (nSPS) is 9.09. The largest absolute Gasteiger partial charge is 0.369 e. The van der Waals surface area contributed by atoms with Gasteiger partial charge in [0.1, 0.15) is 16.3 Å². The zero-order chi connectivity index (χ0) is 8.43. The van der Waals surface area contributed by atoms with Crippen molar-refractivity contribution in [1.82, 2.24) is 9.97 Å². The number of rotatable bonds is 0. The van der Waals surface area contributed by atoms with Gasteiger partial charge in [-0.15, -0.1) is 0 Å². The van der Waals surface area contributed by atoms with Crippen molar-refractivity contribution in [3.63, 3.8) is 0 Å². The van der Waals surface area contributed by atoms with Gasteiger partial charge in [-0.2, -0.15) is 5.26 Å². The summed E-state index contributed by atoms with van der Waals surface area (Å²) in [7, 11) is 0. The topological polar surface area (TPSA) is 78.5 Å². The summed E-state index contributed by atoms with van der Waals surface area (Å²) in [5, 5.41) is 8.57. The predicted octanol–water partition coefficient (Wildman–Crippen LogP) is 0.901. The smallest absolute Gasteiger partial charge is 0.199 e. The van der Waals surface area contributed by atoms with E-state index in [4.69, 9.17) is 23.2 Å². The van der Waals surface area contributed by atoms with E-state index < -0.39 is 0 Å². The van der Waals surface area contributed by atoms with E-state index in [9.17, 15) is 0 Å². The number of aromatic amines is 1. The molecule has 11 heavy (non-hydrogen) atoms. The van der Waals surface area contributed by atoms with E-state index in [2.05, 4.69) is 9.97 Å². The Hall–Kier alpha value is -1.41. The van der Waals surface area contributed by atoms with Crippen molar-refractivity contribution < 1.29 is 0 Å². The van der Waals surface area contributed by atoms with Crippen LogP contribution in [0.15, 0.2) is 0 Å². The van der Waals surface area contributed by atoms with Gasteiger partial charge in [0.2, 0.25) is 0 Å². The molecule has 0 bridgehead atoms. The first-order valence-corrected chi connectivity index (χ1v) is 3.32. The summed E-state index contributed by atoms with van der Waals surface area (Å²) < 4.78 is 0.251. The minimum Gasteiger partial charge on any atom is -0.369 e. The Bertz CT molecular complexity index is 373. The summed E-state index contributed by atoms with van der Waals surface area (Å²) in [5.74, 6) is 0.242. The molecule has 0 fully saturated rings. The maximum Gasteiger partial charge on any atom is 0.199 e. The van der Waals surface area contributed by atoms with Crippen molar-refractivity contribution in [3.05, 3.63) is 15.9 Å². The van der Waals surface area contributed by atoms with Crippen LogP contribution in [0.3, 0.4) is 0 Å². The van der Waals surface area contributed by atoms with Gasteiger partial charge in [-0.05, 0) is 6.92 Å². The molecule has 1 aromatic rings. The molecule has 0 spiro atoms. The summed E-state index contributed by atoms with van der Waals surface area (Å²) >= 11 is 4.79. The van der Waals surface area contributed by atoms with E-state index in [0.717, 1.165) is 0 Å². The Kier molecular flexibility index (Phi) is 1.87. The SMILES string of the molecule is Cc1[nH]c(N)nc(=S)c1C#N. The van der Waals surface area contributed by atoms with E-state index in [-0.39, 0.29) is 10.6 Å². The highest BCUT2D eigenvalue weighted by molar-refractivity contribution is 7.71. The van der Waals surface area contributed by atoms with Crippen LogP contribution in [0.2, 0.25) is 0 Å². The number of nitrogens with two attached hydrogens (primary N) is 1.